The van der Waals surface area contributed by atoms with Crippen LogP contribution in [0, 0.1) is 0 Å². The lowest BCUT2D eigenvalue weighted by atomic mass is 10.3. The standard InChI is InChI=1S/C17H16N4O2/c1-2-4-15(5-3-1)23-16-10-8-14(9-11-16)22-12-17-18-19-20-21(17)13-6-7-13/h1-5,8-11,13H,6-7,12H2. The smallest absolute Gasteiger partial charge is 0.189 e. The third-order valence-electron chi connectivity index (χ3n) is 3.62. The van der Waals surface area contributed by atoms with E-state index in [1.807, 2.05) is 59.3 Å². The molecular formula is C17H16N4O2. The highest BCUT2D eigenvalue weighted by molar-refractivity contribution is 5.35. The molecule has 0 N–H and O–H groups in total. The van der Waals surface area contributed by atoms with Crippen LogP contribution >= 0.6 is 0 Å². The molecule has 0 spiro atoms. The third kappa shape index (κ3) is 3.31. The second-order valence-electron chi connectivity index (χ2n) is 5.45. The van der Waals surface area contributed by atoms with Gasteiger partial charge >= 0.3 is 0 Å². The molecule has 3 aromatic rings. The van der Waals surface area contributed by atoms with Gasteiger partial charge in [-0.2, -0.15) is 0 Å². The molecule has 2 aromatic carbocycles. The molecule has 1 heterocycles. The van der Waals surface area contributed by atoms with Gasteiger partial charge in [-0.15, -0.1) is 5.10 Å². The fourth-order valence-corrected chi connectivity index (χ4v) is 2.29. The van der Waals surface area contributed by atoms with Crippen molar-refractivity contribution in [1.82, 2.24) is 20.2 Å². The van der Waals surface area contributed by atoms with Crippen molar-refractivity contribution >= 4 is 0 Å². The lowest BCUT2D eigenvalue weighted by molar-refractivity contribution is 0.286. The Morgan fingerprint density at radius 2 is 1.61 bits per heavy atom. The molecule has 4 rings (SSSR count). The van der Waals surface area contributed by atoms with E-state index >= 15 is 0 Å². The lowest BCUT2D eigenvalue weighted by Crippen LogP contribution is -2.07. The van der Waals surface area contributed by atoms with Gasteiger partial charge in [-0.05, 0) is 59.7 Å². The van der Waals surface area contributed by atoms with Crippen molar-refractivity contribution in [2.24, 2.45) is 0 Å². The summed E-state index contributed by atoms with van der Waals surface area (Å²) < 4.78 is 13.4. The number of para-hydroxylation sites is 1. The zero-order valence-electron chi connectivity index (χ0n) is 12.5. The minimum Gasteiger partial charge on any atom is -0.486 e. The minimum atomic E-state index is 0.363. The Morgan fingerprint density at radius 1 is 0.913 bits per heavy atom. The number of nitrogens with zero attached hydrogens (tertiary/aromatic N) is 4. The van der Waals surface area contributed by atoms with Crippen molar-refractivity contribution in [1.29, 1.82) is 0 Å². The van der Waals surface area contributed by atoms with Gasteiger partial charge in [0.05, 0.1) is 6.04 Å². The highest BCUT2D eigenvalue weighted by Gasteiger charge is 2.27. The fraction of sp³-hybridized carbons (Fsp3) is 0.235. The maximum absolute atomic E-state index is 5.76. The Labute approximate surface area is 133 Å². The van der Waals surface area contributed by atoms with Gasteiger partial charge in [0.2, 0.25) is 0 Å². The molecular weight excluding hydrogens is 292 g/mol. The van der Waals surface area contributed by atoms with Crippen LogP contribution in [0.5, 0.6) is 17.2 Å². The molecule has 0 radical (unpaired) electrons. The Hall–Kier alpha value is -2.89. The van der Waals surface area contributed by atoms with Crippen molar-refractivity contribution in [3.8, 4) is 17.2 Å². The molecule has 0 amide bonds. The molecule has 116 valence electrons. The summed E-state index contributed by atoms with van der Waals surface area (Å²) in [4.78, 5) is 0. The highest BCUT2D eigenvalue weighted by atomic mass is 16.5. The summed E-state index contributed by atoms with van der Waals surface area (Å²) in [5.74, 6) is 3.10. The molecule has 0 saturated heterocycles. The number of hydrogen-bond donors (Lipinski definition) is 0. The molecule has 1 saturated carbocycles. The van der Waals surface area contributed by atoms with Crippen LogP contribution in [0.2, 0.25) is 0 Å². The van der Waals surface area contributed by atoms with Crippen LogP contribution in [0.3, 0.4) is 0 Å². The van der Waals surface area contributed by atoms with E-state index in [1.54, 1.807) is 0 Å². The normalized spacial score (nSPS) is 13.7. The molecule has 0 aliphatic heterocycles. The minimum absolute atomic E-state index is 0.363. The highest BCUT2D eigenvalue weighted by Crippen LogP contribution is 2.34. The first-order valence-corrected chi connectivity index (χ1v) is 7.61. The van der Waals surface area contributed by atoms with Crippen molar-refractivity contribution < 1.29 is 9.47 Å². The van der Waals surface area contributed by atoms with Crippen molar-refractivity contribution in [3.05, 3.63) is 60.4 Å². The van der Waals surface area contributed by atoms with Gasteiger partial charge in [0.25, 0.3) is 0 Å². The zero-order chi connectivity index (χ0) is 15.5. The summed E-state index contributed by atoms with van der Waals surface area (Å²) in [6.45, 7) is 0.363. The van der Waals surface area contributed by atoms with Crippen LogP contribution in [0.4, 0.5) is 0 Å². The molecule has 1 aromatic heterocycles. The second kappa shape index (κ2) is 6.08. The van der Waals surface area contributed by atoms with E-state index in [-0.39, 0.29) is 0 Å². The molecule has 23 heavy (non-hydrogen) atoms. The Bertz CT molecular complexity index is 767. The average molecular weight is 308 g/mol. The van der Waals surface area contributed by atoms with E-state index in [9.17, 15) is 0 Å². The molecule has 6 heteroatoms. The molecule has 6 nitrogen and oxygen atoms in total. The van der Waals surface area contributed by atoms with Gasteiger partial charge in [0.1, 0.15) is 23.9 Å². The van der Waals surface area contributed by atoms with E-state index < -0.39 is 0 Å². The van der Waals surface area contributed by atoms with Gasteiger partial charge in [-0.3, -0.25) is 0 Å². The van der Waals surface area contributed by atoms with E-state index in [0.29, 0.717) is 12.6 Å². The van der Waals surface area contributed by atoms with E-state index in [4.69, 9.17) is 9.47 Å². The van der Waals surface area contributed by atoms with Crippen LogP contribution in [-0.2, 0) is 6.61 Å². The summed E-state index contributed by atoms with van der Waals surface area (Å²) in [5.41, 5.74) is 0. The van der Waals surface area contributed by atoms with Gasteiger partial charge < -0.3 is 9.47 Å². The number of benzene rings is 2. The van der Waals surface area contributed by atoms with Crippen LogP contribution < -0.4 is 9.47 Å². The number of ether oxygens (including phenoxy) is 2. The van der Waals surface area contributed by atoms with Crippen molar-refractivity contribution in [3.63, 3.8) is 0 Å². The number of tetrazole rings is 1. The first-order chi connectivity index (χ1) is 11.4. The quantitative estimate of drug-likeness (QED) is 0.698. The number of rotatable bonds is 6. The van der Waals surface area contributed by atoms with E-state index in [2.05, 4.69) is 15.5 Å². The van der Waals surface area contributed by atoms with Crippen LogP contribution in [0.1, 0.15) is 24.7 Å². The van der Waals surface area contributed by atoms with Gasteiger partial charge in [-0.25, -0.2) is 4.68 Å². The molecule has 0 bridgehead atoms. The summed E-state index contributed by atoms with van der Waals surface area (Å²) in [5, 5.41) is 11.7. The number of hydrogen-bond acceptors (Lipinski definition) is 5. The summed E-state index contributed by atoms with van der Waals surface area (Å²) >= 11 is 0. The Kier molecular flexibility index (Phi) is 3.63. The third-order valence-corrected chi connectivity index (χ3v) is 3.62. The largest absolute Gasteiger partial charge is 0.486 e. The average Bonchev–Trinajstić information content (AvgIpc) is 3.33. The molecule has 0 atom stereocenters. The second-order valence-corrected chi connectivity index (χ2v) is 5.45. The predicted octanol–water partition coefficient (Wildman–Crippen LogP) is 3.38. The van der Waals surface area contributed by atoms with Crippen LogP contribution in [0.25, 0.3) is 0 Å². The van der Waals surface area contributed by atoms with Crippen LogP contribution in [-0.4, -0.2) is 20.2 Å². The Morgan fingerprint density at radius 3 is 2.35 bits per heavy atom. The Balaban J connectivity index is 1.37. The predicted molar refractivity (Wildman–Crippen MR) is 83.4 cm³/mol. The molecule has 1 fully saturated rings. The summed E-state index contributed by atoms with van der Waals surface area (Å²) in [6.07, 6.45) is 2.28. The molecule has 0 unspecified atom stereocenters. The summed E-state index contributed by atoms with van der Waals surface area (Å²) in [6, 6.07) is 17.6. The first-order valence-electron chi connectivity index (χ1n) is 7.61. The first kappa shape index (κ1) is 13.8. The number of aromatic nitrogens is 4. The van der Waals surface area contributed by atoms with E-state index in [0.717, 1.165) is 35.9 Å². The monoisotopic (exact) mass is 308 g/mol. The zero-order valence-corrected chi connectivity index (χ0v) is 12.5. The fourth-order valence-electron chi connectivity index (χ4n) is 2.29. The van der Waals surface area contributed by atoms with Crippen molar-refractivity contribution in [2.45, 2.75) is 25.5 Å². The molecule has 1 aliphatic carbocycles. The summed E-state index contributed by atoms with van der Waals surface area (Å²) in [7, 11) is 0. The van der Waals surface area contributed by atoms with Gasteiger partial charge in [0.15, 0.2) is 5.82 Å². The maximum Gasteiger partial charge on any atom is 0.189 e. The SMILES string of the molecule is c1ccc(Oc2ccc(OCc3nnnn3C3CC3)cc2)cc1. The molecule has 1 aliphatic rings. The lowest BCUT2D eigenvalue weighted by Gasteiger charge is -2.08. The van der Waals surface area contributed by atoms with E-state index in [1.165, 1.54) is 0 Å². The topological polar surface area (TPSA) is 62.1 Å². The van der Waals surface area contributed by atoms with Crippen LogP contribution in [0.15, 0.2) is 54.6 Å². The van der Waals surface area contributed by atoms with Gasteiger partial charge in [0, 0.05) is 0 Å². The van der Waals surface area contributed by atoms with Crippen molar-refractivity contribution in [2.75, 3.05) is 0 Å². The maximum atomic E-state index is 5.76. The van der Waals surface area contributed by atoms with Gasteiger partial charge in [-0.1, -0.05) is 18.2 Å².